The lowest BCUT2D eigenvalue weighted by Gasteiger charge is -2.44. The fraction of sp³-hybridized carbons (Fsp3) is 0.577. The number of carbonyl (C=O) groups is 2. The van der Waals surface area contributed by atoms with Gasteiger partial charge in [0.15, 0.2) is 0 Å². The third-order valence-corrected chi connectivity index (χ3v) is 7.53. The second-order valence-corrected chi connectivity index (χ2v) is 9.94. The Bertz CT molecular complexity index is 971. The maximum absolute atomic E-state index is 13.5. The van der Waals surface area contributed by atoms with Crippen LogP contribution >= 0.6 is 0 Å². The van der Waals surface area contributed by atoms with Crippen molar-refractivity contribution in [1.29, 1.82) is 0 Å². The number of para-hydroxylation sites is 1. The van der Waals surface area contributed by atoms with Crippen LogP contribution in [0.2, 0.25) is 0 Å². The van der Waals surface area contributed by atoms with E-state index in [4.69, 9.17) is 0 Å². The molecule has 2 atom stereocenters. The lowest BCUT2D eigenvalue weighted by Crippen LogP contribution is -2.53. The topological polar surface area (TPSA) is 61.7 Å². The fourth-order valence-electron chi connectivity index (χ4n) is 5.60. The van der Waals surface area contributed by atoms with Gasteiger partial charge in [-0.3, -0.25) is 19.2 Å². The maximum Gasteiger partial charge on any atom is 0.244 e. The largest absolute Gasteiger partial charge is 0.335 e. The van der Waals surface area contributed by atoms with Crippen molar-refractivity contribution < 1.29 is 9.59 Å². The van der Waals surface area contributed by atoms with Crippen LogP contribution in [0.25, 0.3) is 0 Å². The summed E-state index contributed by atoms with van der Waals surface area (Å²) >= 11 is 0. The molecule has 7 nitrogen and oxygen atoms in total. The highest BCUT2D eigenvalue weighted by atomic mass is 16.2. The summed E-state index contributed by atoms with van der Waals surface area (Å²) in [7, 11) is 0. The Balaban J connectivity index is 1.50. The van der Waals surface area contributed by atoms with Crippen molar-refractivity contribution in [3.8, 4) is 0 Å². The number of amides is 2. The van der Waals surface area contributed by atoms with E-state index in [2.05, 4.69) is 16.1 Å². The number of aromatic nitrogens is 2. The van der Waals surface area contributed by atoms with Gasteiger partial charge in [-0.15, -0.1) is 0 Å². The van der Waals surface area contributed by atoms with Gasteiger partial charge >= 0.3 is 0 Å². The number of hydrogen-bond donors (Lipinski definition) is 0. The van der Waals surface area contributed by atoms with Crippen LogP contribution in [0.5, 0.6) is 0 Å². The molecular weight excluding hydrogens is 414 g/mol. The highest BCUT2D eigenvalue weighted by molar-refractivity contribution is 5.92. The van der Waals surface area contributed by atoms with Crippen molar-refractivity contribution >= 4 is 17.5 Å². The molecule has 1 aromatic heterocycles. The van der Waals surface area contributed by atoms with E-state index in [0.29, 0.717) is 18.6 Å². The van der Waals surface area contributed by atoms with Crippen LogP contribution in [0.1, 0.15) is 51.0 Å². The number of hydrogen-bond acceptors (Lipinski definition) is 4. The Kier molecular flexibility index (Phi) is 6.49. The number of benzene rings is 1. The summed E-state index contributed by atoms with van der Waals surface area (Å²) in [5.41, 5.74) is 1.97. The Labute approximate surface area is 196 Å². The summed E-state index contributed by atoms with van der Waals surface area (Å²) in [5, 5.41) is 4.25. The van der Waals surface area contributed by atoms with Gasteiger partial charge in [-0.25, -0.2) is 0 Å². The Morgan fingerprint density at radius 3 is 2.61 bits per heavy atom. The lowest BCUT2D eigenvalue weighted by atomic mass is 9.92. The SMILES string of the molecule is CC(=O)N1CCC2CCCC(CN(C(=O)Cn3cccn3)Cc3ccccc31)N2CC1CC1. The molecule has 0 N–H and O–H groups in total. The van der Waals surface area contributed by atoms with Crippen LogP contribution < -0.4 is 4.90 Å². The maximum atomic E-state index is 13.5. The minimum absolute atomic E-state index is 0.0669. The molecule has 2 aromatic rings. The number of nitrogens with zero attached hydrogens (tertiary/aromatic N) is 5. The summed E-state index contributed by atoms with van der Waals surface area (Å²) in [5.74, 6) is 0.945. The van der Waals surface area contributed by atoms with E-state index < -0.39 is 0 Å². The molecule has 2 unspecified atom stereocenters. The van der Waals surface area contributed by atoms with Crippen molar-refractivity contribution in [1.82, 2.24) is 19.6 Å². The summed E-state index contributed by atoms with van der Waals surface area (Å²) in [6.07, 6.45) is 10.7. The summed E-state index contributed by atoms with van der Waals surface area (Å²) in [6, 6.07) is 10.8. The molecule has 1 aromatic carbocycles. The minimum atomic E-state index is 0.0669. The van der Waals surface area contributed by atoms with E-state index in [9.17, 15) is 9.59 Å². The second kappa shape index (κ2) is 9.67. The number of piperidine rings is 1. The molecule has 3 heterocycles. The zero-order valence-corrected chi connectivity index (χ0v) is 19.6. The Hall–Kier alpha value is -2.67. The molecule has 2 aliphatic heterocycles. The summed E-state index contributed by atoms with van der Waals surface area (Å²) < 4.78 is 1.70. The van der Waals surface area contributed by atoms with Gasteiger partial charge in [0.2, 0.25) is 11.8 Å². The molecule has 7 heteroatoms. The Morgan fingerprint density at radius 2 is 1.85 bits per heavy atom. The van der Waals surface area contributed by atoms with E-state index in [1.165, 1.54) is 25.7 Å². The molecule has 0 radical (unpaired) electrons. The molecule has 1 saturated heterocycles. The summed E-state index contributed by atoms with van der Waals surface area (Å²) in [6.45, 7) is 5.00. The molecule has 2 bridgehead atoms. The standard InChI is InChI=1S/C26H35N5O2/c1-20(32)30-15-12-23-7-4-8-24(31(23)16-21-10-11-21)18-28(17-22-6-2-3-9-25(22)30)26(33)19-29-14-5-13-27-29/h2-3,5-6,9,13-14,21,23-24H,4,7-8,10-12,15-19H2,1H3. The zero-order chi connectivity index (χ0) is 22.8. The molecule has 1 saturated carbocycles. The third kappa shape index (κ3) is 5.13. The van der Waals surface area contributed by atoms with Gasteiger partial charge in [-0.2, -0.15) is 5.10 Å². The van der Waals surface area contributed by atoms with Crippen LogP contribution in [-0.4, -0.2) is 63.1 Å². The van der Waals surface area contributed by atoms with Crippen molar-refractivity contribution in [3.63, 3.8) is 0 Å². The van der Waals surface area contributed by atoms with Gasteiger partial charge in [-0.05, 0) is 55.7 Å². The number of fused-ring (bicyclic) bond motifs is 3. The monoisotopic (exact) mass is 449 g/mol. The van der Waals surface area contributed by atoms with Crippen LogP contribution in [0, 0.1) is 5.92 Å². The first-order valence-electron chi connectivity index (χ1n) is 12.5. The first-order valence-corrected chi connectivity index (χ1v) is 12.5. The predicted molar refractivity (Wildman–Crippen MR) is 128 cm³/mol. The first-order chi connectivity index (χ1) is 16.1. The fourth-order valence-corrected chi connectivity index (χ4v) is 5.60. The van der Waals surface area contributed by atoms with Gasteiger partial charge in [0.05, 0.1) is 0 Å². The van der Waals surface area contributed by atoms with Gasteiger partial charge in [-0.1, -0.05) is 24.6 Å². The van der Waals surface area contributed by atoms with Gasteiger partial charge in [0.1, 0.15) is 6.54 Å². The van der Waals surface area contributed by atoms with Crippen LogP contribution in [0.3, 0.4) is 0 Å². The molecule has 0 spiro atoms. The first kappa shape index (κ1) is 22.1. The highest BCUT2D eigenvalue weighted by Gasteiger charge is 2.37. The molecular formula is C26H35N5O2. The predicted octanol–water partition coefficient (Wildman–Crippen LogP) is 3.30. The lowest BCUT2D eigenvalue weighted by molar-refractivity contribution is -0.134. The quantitative estimate of drug-likeness (QED) is 0.719. The Morgan fingerprint density at radius 1 is 1.03 bits per heavy atom. The second-order valence-electron chi connectivity index (χ2n) is 9.94. The zero-order valence-electron chi connectivity index (χ0n) is 19.6. The molecule has 33 heavy (non-hydrogen) atoms. The van der Waals surface area contributed by atoms with E-state index >= 15 is 0 Å². The van der Waals surface area contributed by atoms with E-state index in [1.807, 2.05) is 40.3 Å². The van der Waals surface area contributed by atoms with Crippen LogP contribution in [0.4, 0.5) is 5.69 Å². The van der Waals surface area contributed by atoms with E-state index in [-0.39, 0.29) is 18.4 Å². The van der Waals surface area contributed by atoms with Gasteiger partial charge in [0, 0.05) is 63.3 Å². The average molecular weight is 450 g/mol. The number of rotatable bonds is 4. The molecule has 176 valence electrons. The molecule has 2 fully saturated rings. The molecule has 2 amide bonds. The van der Waals surface area contributed by atoms with Crippen molar-refractivity contribution in [2.24, 2.45) is 5.92 Å². The van der Waals surface area contributed by atoms with Crippen LogP contribution in [-0.2, 0) is 22.7 Å². The van der Waals surface area contributed by atoms with Gasteiger partial charge in [0.25, 0.3) is 0 Å². The van der Waals surface area contributed by atoms with Gasteiger partial charge < -0.3 is 9.80 Å². The molecule has 3 aliphatic rings. The van der Waals surface area contributed by atoms with E-state index in [1.54, 1.807) is 17.8 Å². The smallest absolute Gasteiger partial charge is 0.244 e. The van der Waals surface area contributed by atoms with Crippen molar-refractivity contribution in [2.45, 2.75) is 70.6 Å². The van der Waals surface area contributed by atoms with Crippen LogP contribution in [0.15, 0.2) is 42.7 Å². The number of anilines is 1. The number of carbonyl (C=O) groups excluding carboxylic acids is 2. The highest BCUT2D eigenvalue weighted by Crippen LogP contribution is 2.36. The summed E-state index contributed by atoms with van der Waals surface area (Å²) in [4.78, 5) is 32.8. The van der Waals surface area contributed by atoms with Crippen molar-refractivity contribution in [3.05, 3.63) is 48.3 Å². The molecule has 1 aliphatic carbocycles. The normalized spacial score (nSPS) is 24.2. The molecule has 5 rings (SSSR count). The average Bonchev–Trinajstić information content (AvgIpc) is 3.48. The van der Waals surface area contributed by atoms with E-state index in [0.717, 1.165) is 49.6 Å². The third-order valence-electron chi connectivity index (χ3n) is 7.53. The van der Waals surface area contributed by atoms with Crippen molar-refractivity contribution in [2.75, 3.05) is 24.5 Å². The minimum Gasteiger partial charge on any atom is -0.335 e.